The van der Waals surface area contributed by atoms with Gasteiger partial charge in [0.25, 0.3) is 0 Å². The molecule has 16 heavy (non-hydrogen) atoms. The van der Waals surface area contributed by atoms with E-state index in [1.807, 2.05) is 6.92 Å². The van der Waals surface area contributed by atoms with E-state index in [2.05, 4.69) is 5.32 Å². The summed E-state index contributed by atoms with van der Waals surface area (Å²) in [6, 6.07) is 0.931. The van der Waals surface area contributed by atoms with E-state index in [4.69, 9.17) is 0 Å². The van der Waals surface area contributed by atoms with E-state index in [1.165, 1.54) is 0 Å². The predicted octanol–water partition coefficient (Wildman–Crippen LogP) is 3.09. The Morgan fingerprint density at radius 2 is 2.06 bits per heavy atom. The molecule has 88 valence electrons. The third kappa shape index (κ3) is 1.82. The van der Waals surface area contributed by atoms with Crippen LogP contribution < -0.4 is 5.32 Å². The molecule has 1 aromatic carbocycles. The van der Waals surface area contributed by atoms with E-state index in [0.29, 0.717) is 24.1 Å². The highest BCUT2D eigenvalue weighted by atomic mass is 19.2. The van der Waals surface area contributed by atoms with Crippen LogP contribution in [0.4, 0.5) is 13.2 Å². The van der Waals surface area contributed by atoms with E-state index in [1.54, 1.807) is 0 Å². The maximum atomic E-state index is 13.7. The number of hydrogen-bond donors (Lipinski definition) is 1. The van der Waals surface area contributed by atoms with E-state index in [-0.39, 0.29) is 6.04 Å². The number of nitrogens with one attached hydrogen (secondary N) is 1. The monoisotopic (exact) mass is 229 g/mol. The third-order valence-electron chi connectivity index (χ3n) is 3.00. The zero-order chi connectivity index (χ0) is 11.7. The van der Waals surface area contributed by atoms with Gasteiger partial charge in [0.05, 0.1) is 0 Å². The van der Waals surface area contributed by atoms with Crippen molar-refractivity contribution in [2.75, 3.05) is 6.54 Å². The second kappa shape index (κ2) is 4.45. The van der Waals surface area contributed by atoms with Crippen molar-refractivity contribution in [1.82, 2.24) is 5.32 Å². The minimum absolute atomic E-state index is 0.191. The van der Waals surface area contributed by atoms with Gasteiger partial charge in [0.15, 0.2) is 17.5 Å². The lowest BCUT2D eigenvalue weighted by atomic mass is 9.91. The molecule has 0 fully saturated rings. The van der Waals surface area contributed by atoms with Gasteiger partial charge in [-0.15, -0.1) is 0 Å². The summed E-state index contributed by atoms with van der Waals surface area (Å²) in [7, 11) is 0. The largest absolute Gasteiger partial charge is 0.309 e. The summed E-state index contributed by atoms with van der Waals surface area (Å²) in [6.07, 6.45) is 2.15. The molecule has 1 unspecified atom stereocenters. The summed E-state index contributed by atoms with van der Waals surface area (Å²) in [6.45, 7) is 2.66. The Kier molecular flexibility index (Phi) is 3.19. The van der Waals surface area contributed by atoms with Crippen LogP contribution in [-0.4, -0.2) is 6.54 Å². The first kappa shape index (κ1) is 11.5. The summed E-state index contributed by atoms with van der Waals surface area (Å²) in [4.78, 5) is 0. The number of halogens is 3. The number of benzene rings is 1. The molecule has 0 bridgehead atoms. The van der Waals surface area contributed by atoms with Crippen molar-refractivity contribution >= 4 is 0 Å². The molecule has 0 amide bonds. The van der Waals surface area contributed by atoms with Gasteiger partial charge >= 0.3 is 0 Å². The van der Waals surface area contributed by atoms with Crippen LogP contribution >= 0.6 is 0 Å². The number of hydrogen-bond acceptors (Lipinski definition) is 1. The molecule has 4 heteroatoms. The highest BCUT2D eigenvalue weighted by Gasteiger charge is 2.26. The summed E-state index contributed by atoms with van der Waals surface area (Å²) in [5.41, 5.74) is 0.903. The Morgan fingerprint density at radius 1 is 1.31 bits per heavy atom. The van der Waals surface area contributed by atoms with Gasteiger partial charge < -0.3 is 5.32 Å². The topological polar surface area (TPSA) is 12.0 Å². The minimum Gasteiger partial charge on any atom is -0.309 e. The first-order valence-electron chi connectivity index (χ1n) is 5.54. The second-order valence-electron chi connectivity index (χ2n) is 4.10. The molecule has 0 saturated heterocycles. The standard InChI is InChI=1S/C12H14F3N/c1-2-3-9-10-7(4-5-16-9)6-8(13)11(14)12(10)15/h6,9,16H,2-5H2,1H3. The molecular weight excluding hydrogens is 215 g/mol. The first-order valence-corrected chi connectivity index (χ1v) is 5.54. The second-order valence-corrected chi connectivity index (χ2v) is 4.10. The molecule has 1 aromatic rings. The van der Waals surface area contributed by atoms with Crippen LogP contribution in [0.15, 0.2) is 6.07 Å². The molecule has 0 saturated carbocycles. The maximum Gasteiger partial charge on any atom is 0.194 e. The van der Waals surface area contributed by atoms with Gasteiger partial charge in [-0.25, -0.2) is 13.2 Å². The van der Waals surface area contributed by atoms with Gasteiger partial charge in [0.1, 0.15) is 0 Å². The lowest BCUT2D eigenvalue weighted by Gasteiger charge is -2.27. The molecule has 1 N–H and O–H groups in total. The van der Waals surface area contributed by atoms with Crippen molar-refractivity contribution in [2.45, 2.75) is 32.2 Å². The van der Waals surface area contributed by atoms with Crippen LogP contribution in [-0.2, 0) is 6.42 Å². The first-order chi connectivity index (χ1) is 7.65. The van der Waals surface area contributed by atoms with Crippen molar-refractivity contribution in [3.05, 3.63) is 34.6 Å². The van der Waals surface area contributed by atoms with Crippen LogP contribution in [0.1, 0.15) is 36.9 Å². The molecule has 1 heterocycles. The maximum absolute atomic E-state index is 13.7. The van der Waals surface area contributed by atoms with Crippen molar-refractivity contribution in [3.63, 3.8) is 0 Å². The van der Waals surface area contributed by atoms with Crippen LogP contribution in [0.25, 0.3) is 0 Å². The molecule has 0 aliphatic carbocycles. The van der Waals surface area contributed by atoms with Crippen LogP contribution in [0.3, 0.4) is 0 Å². The van der Waals surface area contributed by atoms with Crippen molar-refractivity contribution < 1.29 is 13.2 Å². The smallest absolute Gasteiger partial charge is 0.194 e. The summed E-state index contributed by atoms with van der Waals surface area (Å²) in [5, 5.41) is 3.13. The molecule has 0 spiro atoms. The highest BCUT2D eigenvalue weighted by Crippen LogP contribution is 2.31. The number of rotatable bonds is 2. The molecule has 1 aliphatic heterocycles. The van der Waals surface area contributed by atoms with Crippen molar-refractivity contribution in [2.24, 2.45) is 0 Å². The van der Waals surface area contributed by atoms with E-state index in [0.717, 1.165) is 18.9 Å². The van der Waals surface area contributed by atoms with Crippen LogP contribution in [0.2, 0.25) is 0 Å². The fraction of sp³-hybridized carbons (Fsp3) is 0.500. The average Bonchev–Trinajstić information content (AvgIpc) is 2.26. The summed E-state index contributed by atoms with van der Waals surface area (Å²) < 4.78 is 39.9. The lowest BCUT2D eigenvalue weighted by molar-refractivity contribution is 0.399. The molecule has 2 rings (SSSR count). The summed E-state index contributed by atoms with van der Waals surface area (Å²) >= 11 is 0. The Hall–Kier alpha value is -1.03. The fourth-order valence-electron chi connectivity index (χ4n) is 2.26. The van der Waals surface area contributed by atoms with Gasteiger partial charge in [0, 0.05) is 11.6 Å². The van der Waals surface area contributed by atoms with Gasteiger partial charge in [-0.05, 0) is 31.0 Å². The quantitative estimate of drug-likeness (QED) is 0.768. The SMILES string of the molecule is CCCC1NCCc2cc(F)c(F)c(F)c21. The zero-order valence-corrected chi connectivity index (χ0v) is 9.12. The molecule has 1 atom stereocenters. The average molecular weight is 229 g/mol. The zero-order valence-electron chi connectivity index (χ0n) is 9.12. The molecule has 0 radical (unpaired) electrons. The van der Waals surface area contributed by atoms with E-state index in [9.17, 15) is 13.2 Å². The van der Waals surface area contributed by atoms with Crippen molar-refractivity contribution in [1.29, 1.82) is 0 Å². The van der Waals surface area contributed by atoms with E-state index >= 15 is 0 Å². The van der Waals surface area contributed by atoms with Crippen molar-refractivity contribution in [3.8, 4) is 0 Å². The van der Waals surface area contributed by atoms with Crippen LogP contribution in [0, 0.1) is 17.5 Å². The minimum atomic E-state index is -1.36. The third-order valence-corrected chi connectivity index (χ3v) is 3.00. The Morgan fingerprint density at radius 3 is 2.75 bits per heavy atom. The van der Waals surface area contributed by atoms with Gasteiger partial charge in [0.2, 0.25) is 0 Å². The van der Waals surface area contributed by atoms with E-state index < -0.39 is 17.5 Å². The Bertz CT molecular complexity index is 404. The van der Waals surface area contributed by atoms with Crippen LogP contribution in [0.5, 0.6) is 0 Å². The highest BCUT2D eigenvalue weighted by molar-refractivity contribution is 5.35. The molecule has 0 aromatic heterocycles. The van der Waals surface area contributed by atoms with Gasteiger partial charge in [-0.3, -0.25) is 0 Å². The molecule has 1 nitrogen and oxygen atoms in total. The number of fused-ring (bicyclic) bond motifs is 1. The Labute approximate surface area is 92.7 Å². The fourth-order valence-corrected chi connectivity index (χ4v) is 2.26. The summed E-state index contributed by atoms with van der Waals surface area (Å²) in [5.74, 6) is -3.47. The normalized spacial score (nSPS) is 19.6. The predicted molar refractivity (Wildman–Crippen MR) is 55.7 cm³/mol. The lowest BCUT2D eigenvalue weighted by Crippen LogP contribution is -2.31. The van der Waals surface area contributed by atoms with Gasteiger partial charge in [-0.1, -0.05) is 13.3 Å². The molecule has 1 aliphatic rings. The Balaban J connectivity index is 2.50. The molecular formula is C12H14F3N. The van der Waals surface area contributed by atoms with Gasteiger partial charge in [-0.2, -0.15) is 0 Å².